The topological polar surface area (TPSA) is 88.8 Å². The second-order valence-corrected chi connectivity index (χ2v) is 5.64. The molecule has 0 radical (unpaired) electrons. The molecule has 0 bridgehead atoms. The van der Waals surface area contributed by atoms with Crippen LogP contribution >= 0.6 is 0 Å². The summed E-state index contributed by atoms with van der Waals surface area (Å²) in [7, 11) is 0. The second kappa shape index (κ2) is 5.79. The Labute approximate surface area is 133 Å². The first kappa shape index (κ1) is 15.1. The molecule has 1 aromatic heterocycles. The molecule has 23 heavy (non-hydrogen) atoms. The van der Waals surface area contributed by atoms with Crippen molar-refractivity contribution >= 4 is 11.9 Å². The van der Waals surface area contributed by atoms with Gasteiger partial charge in [-0.15, -0.1) is 0 Å². The molecule has 0 saturated carbocycles. The van der Waals surface area contributed by atoms with E-state index in [0.29, 0.717) is 12.2 Å². The van der Waals surface area contributed by atoms with Gasteiger partial charge in [0.1, 0.15) is 11.5 Å². The monoisotopic (exact) mass is 315 g/mol. The van der Waals surface area contributed by atoms with Crippen LogP contribution in [0.1, 0.15) is 33.0 Å². The quantitative estimate of drug-likeness (QED) is 0.903. The number of aromatic carboxylic acids is 1. The van der Waals surface area contributed by atoms with E-state index >= 15 is 0 Å². The summed E-state index contributed by atoms with van der Waals surface area (Å²) in [4.78, 5) is 22.9. The zero-order valence-corrected chi connectivity index (χ0v) is 12.9. The van der Waals surface area contributed by atoms with E-state index in [9.17, 15) is 9.59 Å². The Morgan fingerprint density at radius 3 is 2.70 bits per heavy atom. The first-order chi connectivity index (χ1) is 10.9. The highest BCUT2D eigenvalue weighted by molar-refractivity contribution is 5.84. The fourth-order valence-electron chi connectivity index (χ4n) is 2.54. The van der Waals surface area contributed by atoms with Crippen LogP contribution in [0.15, 0.2) is 28.7 Å². The standard InChI is InChI=1S/C17H17NO5/c1-9-5-11-7-15(23-14(11)6-10(9)2)16(19)18-8-12-3-4-13(22-12)17(20)21/h3-6,15H,7-8H2,1-2H3,(H,18,19)(H,20,21)/t15-/m0/s1. The molecule has 6 heteroatoms. The fourth-order valence-corrected chi connectivity index (χ4v) is 2.54. The van der Waals surface area contributed by atoms with Crippen molar-refractivity contribution in [2.45, 2.75) is 32.9 Å². The smallest absolute Gasteiger partial charge is 0.371 e. The van der Waals surface area contributed by atoms with Crippen molar-refractivity contribution in [1.29, 1.82) is 0 Å². The van der Waals surface area contributed by atoms with Gasteiger partial charge in [-0.3, -0.25) is 4.79 Å². The average molecular weight is 315 g/mol. The van der Waals surface area contributed by atoms with Gasteiger partial charge in [0, 0.05) is 6.42 Å². The van der Waals surface area contributed by atoms with E-state index in [1.165, 1.54) is 17.7 Å². The van der Waals surface area contributed by atoms with E-state index in [-0.39, 0.29) is 18.2 Å². The molecule has 1 aliphatic rings. The van der Waals surface area contributed by atoms with Crippen molar-refractivity contribution < 1.29 is 23.8 Å². The van der Waals surface area contributed by atoms with E-state index in [2.05, 4.69) is 5.32 Å². The lowest BCUT2D eigenvalue weighted by Crippen LogP contribution is -2.36. The number of carboxylic acid groups (broad SMARTS) is 1. The molecule has 0 unspecified atom stereocenters. The zero-order valence-electron chi connectivity index (χ0n) is 12.9. The number of hydrogen-bond donors (Lipinski definition) is 2. The third kappa shape index (κ3) is 3.06. The molecule has 2 heterocycles. The summed E-state index contributed by atoms with van der Waals surface area (Å²) in [5.41, 5.74) is 3.33. The molecule has 2 aromatic rings. The van der Waals surface area contributed by atoms with Gasteiger partial charge in [-0.25, -0.2) is 4.79 Å². The molecule has 6 nitrogen and oxygen atoms in total. The molecular formula is C17H17NO5. The first-order valence-electron chi connectivity index (χ1n) is 7.30. The molecule has 0 saturated heterocycles. The van der Waals surface area contributed by atoms with Crippen molar-refractivity contribution in [3.05, 3.63) is 52.5 Å². The predicted molar refractivity (Wildman–Crippen MR) is 81.6 cm³/mol. The summed E-state index contributed by atoms with van der Waals surface area (Å²) in [6, 6.07) is 6.88. The zero-order chi connectivity index (χ0) is 16.6. The summed E-state index contributed by atoms with van der Waals surface area (Å²) in [5.74, 6) is -0.394. The van der Waals surface area contributed by atoms with Crippen LogP contribution in [-0.4, -0.2) is 23.1 Å². The van der Waals surface area contributed by atoms with Crippen LogP contribution in [-0.2, 0) is 17.8 Å². The molecular weight excluding hydrogens is 298 g/mol. The molecule has 1 aliphatic heterocycles. The maximum Gasteiger partial charge on any atom is 0.371 e. The van der Waals surface area contributed by atoms with Crippen LogP contribution in [0.3, 0.4) is 0 Å². The third-order valence-electron chi connectivity index (χ3n) is 3.95. The van der Waals surface area contributed by atoms with Crippen molar-refractivity contribution in [3.63, 3.8) is 0 Å². The number of carbonyl (C=O) groups is 2. The van der Waals surface area contributed by atoms with Gasteiger partial charge >= 0.3 is 5.97 Å². The van der Waals surface area contributed by atoms with Gasteiger partial charge in [0.2, 0.25) is 5.76 Å². The molecule has 0 aliphatic carbocycles. The number of aryl methyl sites for hydroxylation is 2. The summed E-state index contributed by atoms with van der Waals surface area (Å²) in [6.45, 7) is 4.16. The van der Waals surface area contributed by atoms with Crippen molar-refractivity contribution in [2.75, 3.05) is 0 Å². The number of fused-ring (bicyclic) bond motifs is 1. The van der Waals surface area contributed by atoms with Gasteiger partial charge in [-0.2, -0.15) is 0 Å². The van der Waals surface area contributed by atoms with Crippen LogP contribution in [0.25, 0.3) is 0 Å². The number of furan rings is 1. The van der Waals surface area contributed by atoms with Gasteiger partial charge in [0.05, 0.1) is 6.54 Å². The molecule has 1 aromatic carbocycles. The van der Waals surface area contributed by atoms with Crippen molar-refractivity contribution in [1.82, 2.24) is 5.32 Å². The number of nitrogens with one attached hydrogen (secondary N) is 1. The molecule has 120 valence electrons. The van der Waals surface area contributed by atoms with Crippen LogP contribution < -0.4 is 10.1 Å². The van der Waals surface area contributed by atoms with Crippen LogP contribution in [0.5, 0.6) is 5.75 Å². The average Bonchev–Trinajstić information content (AvgIpc) is 3.12. The molecule has 1 atom stereocenters. The van der Waals surface area contributed by atoms with E-state index < -0.39 is 12.1 Å². The Morgan fingerprint density at radius 2 is 2.00 bits per heavy atom. The lowest BCUT2D eigenvalue weighted by molar-refractivity contribution is -0.127. The van der Waals surface area contributed by atoms with Crippen LogP contribution in [0, 0.1) is 13.8 Å². The number of rotatable bonds is 4. The number of hydrogen-bond acceptors (Lipinski definition) is 4. The predicted octanol–water partition coefficient (Wildman–Crippen LogP) is 2.21. The Kier molecular flexibility index (Phi) is 3.82. The van der Waals surface area contributed by atoms with Gasteiger partial charge in [-0.1, -0.05) is 6.07 Å². The first-order valence-corrected chi connectivity index (χ1v) is 7.30. The third-order valence-corrected chi connectivity index (χ3v) is 3.95. The van der Waals surface area contributed by atoms with E-state index in [1.807, 2.05) is 26.0 Å². The Bertz CT molecular complexity index is 746. The highest BCUT2D eigenvalue weighted by atomic mass is 16.5. The Balaban J connectivity index is 1.60. The van der Waals surface area contributed by atoms with Gasteiger partial charge in [-0.05, 0) is 48.7 Å². The highest BCUT2D eigenvalue weighted by Crippen LogP contribution is 2.31. The van der Waals surface area contributed by atoms with Gasteiger partial charge < -0.3 is 19.6 Å². The Morgan fingerprint density at radius 1 is 1.26 bits per heavy atom. The van der Waals surface area contributed by atoms with Gasteiger partial charge in [0.15, 0.2) is 6.10 Å². The molecule has 0 fully saturated rings. The fraction of sp³-hybridized carbons (Fsp3) is 0.294. The van der Waals surface area contributed by atoms with Gasteiger partial charge in [0.25, 0.3) is 5.91 Å². The number of carbonyl (C=O) groups excluding carboxylic acids is 1. The number of amides is 1. The number of ether oxygens (including phenoxy) is 1. The lowest BCUT2D eigenvalue weighted by atomic mass is 10.0. The number of benzene rings is 1. The molecule has 3 rings (SSSR count). The normalized spacial score (nSPS) is 15.8. The van der Waals surface area contributed by atoms with Crippen molar-refractivity contribution in [3.8, 4) is 5.75 Å². The highest BCUT2D eigenvalue weighted by Gasteiger charge is 2.29. The second-order valence-electron chi connectivity index (χ2n) is 5.64. The summed E-state index contributed by atoms with van der Waals surface area (Å²) < 4.78 is 10.8. The summed E-state index contributed by atoms with van der Waals surface area (Å²) in [5, 5.41) is 11.5. The van der Waals surface area contributed by atoms with Crippen LogP contribution in [0.4, 0.5) is 0 Å². The molecule has 2 N–H and O–H groups in total. The van der Waals surface area contributed by atoms with E-state index in [0.717, 1.165) is 16.9 Å². The van der Waals surface area contributed by atoms with Crippen LogP contribution in [0.2, 0.25) is 0 Å². The maximum atomic E-state index is 12.2. The minimum absolute atomic E-state index is 0.125. The van der Waals surface area contributed by atoms with E-state index in [1.54, 1.807) is 0 Å². The molecule has 1 amide bonds. The minimum atomic E-state index is -1.14. The largest absolute Gasteiger partial charge is 0.480 e. The molecule has 0 spiro atoms. The lowest BCUT2D eigenvalue weighted by Gasteiger charge is -2.10. The summed E-state index contributed by atoms with van der Waals surface area (Å²) >= 11 is 0. The minimum Gasteiger partial charge on any atom is -0.480 e. The Hall–Kier alpha value is -2.76. The van der Waals surface area contributed by atoms with E-state index in [4.69, 9.17) is 14.3 Å². The van der Waals surface area contributed by atoms with Crippen molar-refractivity contribution in [2.24, 2.45) is 0 Å². The maximum absolute atomic E-state index is 12.2. The summed E-state index contributed by atoms with van der Waals surface area (Å²) in [6.07, 6.45) is -0.0408. The SMILES string of the molecule is Cc1cc2c(cc1C)O[C@H](C(=O)NCc1ccc(C(=O)O)o1)C2. The number of carboxylic acids is 1.